The summed E-state index contributed by atoms with van der Waals surface area (Å²) in [5, 5.41) is 0. The number of nitrogen functional groups attached to an aromatic ring is 1. The highest BCUT2D eigenvalue weighted by molar-refractivity contribution is 5.83. The molecule has 120 valence electrons. The number of H-pyrrole nitrogens is 1. The van der Waals surface area contributed by atoms with Gasteiger partial charge < -0.3 is 15.3 Å². The first kappa shape index (κ1) is 14.6. The van der Waals surface area contributed by atoms with Crippen molar-refractivity contribution in [1.82, 2.24) is 14.5 Å². The van der Waals surface area contributed by atoms with E-state index in [2.05, 4.69) is 47.7 Å². The Hall–Kier alpha value is -3.01. The maximum absolute atomic E-state index is 6.51. The lowest BCUT2D eigenvalue weighted by atomic mass is 10.1. The van der Waals surface area contributed by atoms with Gasteiger partial charge in [0.25, 0.3) is 0 Å². The Labute approximate surface area is 141 Å². The Bertz CT molecular complexity index is 976. The van der Waals surface area contributed by atoms with Crippen LogP contribution in [0.1, 0.15) is 16.8 Å². The second-order valence-corrected chi connectivity index (χ2v) is 6.14. The molecule has 0 bridgehead atoms. The summed E-state index contributed by atoms with van der Waals surface area (Å²) >= 11 is 0. The Morgan fingerprint density at radius 1 is 1.00 bits per heavy atom. The molecule has 2 heterocycles. The molecule has 2 aromatic carbocycles. The van der Waals surface area contributed by atoms with E-state index in [0.717, 1.165) is 34.8 Å². The van der Waals surface area contributed by atoms with Gasteiger partial charge in [0, 0.05) is 12.2 Å². The highest BCUT2D eigenvalue weighted by atomic mass is 15.1. The molecule has 0 fully saturated rings. The van der Waals surface area contributed by atoms with Crippen LogP contribution in [0.5, 0.6) is 0 Å². The second kappa shape index (κ2) is 5.57. The largest absolute Gasteiger partial charge is 0.384 e. The number of aromatic nitrogens is 3. The van der Waals surface area contributed by atoms with E-state index >= 15 is 0 Å². The average molecular weight is 316 g/mol. The van der Waals surface area contributed by atoms with E-state index in [1.165, 1.54) is 16.8 Å². The summed E-state index contributed by atoms with van der Waals surface area (Å²) in [5.41, 5.74) is 13.1. The van der Waals surface area contributed by atoms with Gasteiger partial charge in [0.05, 0.1) is 16.6 Å². The minimum Gasteiger partial charge on any atom is -0.384 e. The maximum atomic E-state index is 6.51. The lowest BCUT2D eigenvalue weighted by molar-refractivity contribution is 0.784. The van der Waals surface area contributed by atoms with Crippen molar-refractivity contribution in [2.24, 2.45) is 0 Å². The molecule has 0 aliphatic rings. The van der Waals surface area contributed by atoms with Gasteiger partial charge in [-0.15, -0.1) is 0 Å². The van der Waals surface area contributed by atoms with Crippen LogP contribution in [0.4, 0.5) is 5.82 Å². The molecule has 0 aliphatic carbocycles. The summed E-state index contributed by atoms with van der Waals surface area (Å²) in [4.78, 5) is 8.11. The van der Waals surface area contributed by atoms with E-state index in [-0.39, 0.29) is 0 Å². The van der Waals surface area contributed by atoms with E-state index < -0.39 is 0 Å². The van der Waals surface area contributed by atoms with Crippen molar-refractivity contribution in [2.45, 2.75) is 20.4 Å². The third kappa shape index (κ3) is 2.27. The van der Waals surface area contributed by atoms with Crippen molar-refractivity contribution in [3.8, 4) is 11.4 Å². The van der Waals surface area contributed by atoms with Crippen LogP contribution in [0.3, 0.4) is 0 Å². The summed E-state index contributed by atoms with van der Waals surface area (Å²) < 4.78 is 2.16. The van der Waals surface area contributed by atoms with Crippen molar-refractivity contribution in [3.05, 3.63) is 71.4 Å². The van der Waals surface area contributed by atoms with Crippen LogP contribution in [0.25, 0.3) is 22.4 Å². The van der Waals surface area contributed by atoms with Crippen LogP contribution in [0, 0.1) is 13.8 Å². The SMILES string of the molecule is Cc1c(-c2nc3ccccc3[nH]2)c(N)n(Cc2ccccc2)c1C. The van der Waals surface area contributed by atoms with Crippen molar-refractivity contribution >= 4 is 16.9 Å². The monoisotopic (exact) mass is 316 g/mol. The Morgan fingerprint density at radius 3 is 2.46 bits per heavy atom. The van der Waals surface area contributed by atoms with E-state index in [1.807, 2.05) is 30.3 Å². The number of nitrogens with two attached hydrogens (primary N) is 1. The fourth-order valence-corrected chi connectivity index (χ4v) is 3.23. The Kier molecular flexibility index (Phi) is 3.38. The van der Waals surface area contributed by atoms with E-state index in [1.54, 1.807) is 0 Å². The van der Waals surface area contributed by atoms with E-state index in [0.29, 0.717) is 0 Å². The van der Waals surface area contributed by atoms with Crippen molar-refractivity contribution < 1.29 is 0 Å². The number of para-hydroxylation sites is 2. The third-order valence-corrected chi connectivity index (χ3v) is 4.68. The van der Waals surface area contributed by atoms with Crippen LogP contribution in [-0.4, -0.2) is 14.5 Å². The number of hydrogen-bond donors (Lipinski definition) is 2. The van der Waals surface area contributed by atoms with Crippen LogP contribution < -0.4 is 5.73 Å². The standard InChI is InChI=1S/C20H20N4/c1-13-14(2)24(12-15-8-4-3-5-9-15)19(21)18(13)20-22-16-10-6-7-11-17(16)23-20/h3-11H,12,21H2,1-2H3,(H,22,23). The number of nitrogens with zero attached hydrogens (tertiary/aromatic N) is 2. The van der Waals surface area contributed by atoms with Gasteiger partial charge in [-0.2, -0.15) is 0 Å². The first-order chi connectivity index (χ1) is 11.6. The normalized spacial score (nSPS) is 11.2. The van der Waals surface area contributed by atoms with E-state index in [9.17, 15) is 0 Å². The number of hydrogen-bond acceptors (Lipinski definition) is 2. The molecule has 0 amide bonds. The zero-order chi connectivity index (χ0) is 16.7. The lowest BCUT2D eigenvalue weighted by Crippen LogP contribution is -2.06. The van der Waals surface area contributed by atoms with Gasteiger partial charge >= 0.3 is 0 Å². The molecule has 4 heteroatoms. The molecule has 24 heavy (non-hydrogen) atoms. The number of aromatic amines is 1. The molecule has 4 aromatic rings. The smallest absolute Gasteiger partial charge is 0.142 e. The Balaban J connectivity index is 1.83. The number of imidazole rings is 1. The molecule has 0 aliphatic heterocycles. The summed E-state index contributed by atoms with van der Waals surface area (Å²) in [6, 6.07) is 18.4. The highest BCUT2D eigenvalue weighted by Gasteiger charge is 2.19. The molecule has 4 rings (SSSR count). The molecule has 0 saturated heterocycles. The van der Waals surface area contributed by atoms with Gasteiger partial charge in [-0.3, -0.25) is 0 Å². The van der Waals surface area contributed by atoms with Gasteiger partial charge in [-0.1, -0.05) is 42.5 Å². The summed E-state index contributed by atoms with van der Waals surface area (Å²) in [5.74, 6) is 1.59. The van der Waals surface area contributed by atoms with Gasteiger partial charge in [0.1, 0.15) is 11.6 Å². The van der Waals surface area contributed by atoms with Crippen LogP contribution in [-0.2, 0) is 6.54 Å². The summed E-state index contributed by atoms with van der Waals surface area (Å²) in [7, 11) is 0. The molecule has 0 saturated carbocycles. The molecule has 0 radical (unpaired) electrons. The van der Waals surface area contributed by atoms with Gasteiger partial charge in [0.2, 0.25) is 0 Å². The predicted octanol–water partition coefficient (Wildman–Crippen LogP) is 4.28. The Morgan fingerprint density at radius 2 is 1.71 bits per heavy atom. The maximum Gasteiger partial charge on any atom is 0.142 e. The number of rotatable bonds is 3. The number of anilines is 1. The summed E-state index contributed by atoms with van der Waals surface area (Å²) in [6.07, 6.45) is 0. The molecule has 4 nitrogen and oxygen atoms in total. The number of benzene rings is 2. The molecule has 0 unspecified atom stereocenters. The molecular weight excluding hydrogens is 296 g/mol. The van der Waals surface area contributed by atoms with E-state index in [4.69, 9.17) is 10.7 Å². The van der Waals surface area contributed by atoms with Crippen LogP contribution >= 0.6 is 0 Å². The quantitative estimate of drug-likeness (QED) is 0.592. The van der Waals surface area contributed by atoms with Crippen LogP contribution in [0.2, 0.25) is 0 Å². The average Bonchev–Trinajstić information content (AvgIpc) is 3.11. The zero-order valence-electron chi connectivity index (χ0n) is 13.9. The molecule has 0 atom stereocenters. The first-order valence-corrected chi connectivity index (χ1v) is 8.09. The minimum atomic E-state index is 0.757. The second-order valence-electron chi connectivity index (χ2n) is 6.14. The van der Waals surface area contributed by atoms with Gasteiger partial charge in [0.15, 0.2) is 0 Å². The van der Waals surface area contributed by atoms with Gasteiger partial charge in [-0.05, 0) is 37.1 Å². The molecular formula is C20H20N4. The van der Waals surface area contributed by atoms with Crippen LogP contribution in [0.15, 0.2) is 54.6 Å². The first-order valence-electron chi connectivity index (χ1n) is 8.09. The third-order valence-electron chi connectivity index (χ3n) is 4.68. The number of nitrogens with one attached hydrogen (secondary N) is 1. The van der Waals surface area contributed by atoms with Crippen molar-refractivity contribution in [1.29, 1.82) is 0 Å². The fraction of sp³-hybridized carbons (Fsp3) is 0.150. The zero-order valence-corrected chi connectivity index (χ0v) is 13.9. The van der Waals surface area contributed by atoms with Gasteiger partial charge in [-0.25, -0.2) is 4.98 Å². The highest BCUT2D eigenvalue weighted by Crippen LogP contribution is 2.34. The molecule has 2 aromatic heterocycles. The summed E-state index contributed by atoms with van der Waals surface area (Å²) in [6.45, 7) is 4.98. The fourth-order valence-electron chi connectivity index (χ4n) is 3.23. The minimum absolute atomic E-state index is 0.757. The topological polar surface area (TPSA) is 59.6 Å². The lowest BCUT2D eigenvalue weighted by Gasteiger charge is -2.09. The van der Waals surface area contributed by atoms with Crippen molar-refractivity contribution in [3.63, 3.8) is 0 Å². The van der Waals surface area contributed by atoms with Crippen molar-refractivity contribution in [2.75, 3.05) is 5.73 Å². The molecule has 3 N–H and O–H groups in total. The predicted molar refractivity (Wildman–Crippen MR) is 99.0 cm³/mol. The number of fused-ring (bicyclic) bond motifs is 1. The molecule has 0 spiro atoms.